The number of halogens is 2. The first kappa shape index (κ1) is 15.4. The van der Waals surface area contributed by atoms with Gasteiger partial charge in [-0.25, -0.2) is 13.8 Å². The summed E-state index contributed by atoms with van der Waals surface area (Å²) in [5.74, 6) is -0.620. The Labute approximate surface area is 124 Å². The number of benzene rings is 1. The third kappa shape index (κ3) is 5.14. The maximum Gasteiger partial charge on any atom is 0.230 e. The van der Waals surface area contributed by atoms with E-state index in [2.05, 4.69) is 20.5 Å². The van der Waals surface area contributed by atoms with E-state index in [1.54, 1.807) is 0 Å². The van der Waals surface area contributed by atoms with Crippen molar-refractivity contribution in [2.24, 2.45) is 0 Å². The number of thioether (sulfide) groups is 1. The molecule has 112 valence electrons. The lowest BCUT2D eigenvalue weighted by molar-refractivity contribution is -0.118. The van der Waals surface area contributed by atoms with E-state index in [1.807, 2.05) is 0 Å². The number of aryl methyl sites for hydroxylation is 1. The first-order valence-electron chi connectivity index (χ1n) is 6.34. The minimum absolute atomic E-state index is 0.0882. The minimum Gasteiger partial charge on any atom is -0.355 e. The van der Waals surface area contributed by atoms with Crippen molar-refractivity contribution < 1.29 is 13.6 Å². The summed E-state index contributed by atoms with van der Waals surface area (Å²) in [6.45, 7) is 0.506. The zero-order chi connectivity index (χ0) is 15.1. The fourth-order valence-corrected chi connectivity index (χ4v) is 2.37. The van der Waals surface area contributed by atoms with Gasteiger partial charge in [0.2, 0.25) is 5.91 Å². The number of H-pyrrole nitrogens is 1. The quantitative estimate of drug-likeness (QED) is 0.605. The molecule has 0 aliphatic rings. The maximum atomic E-state index is 13.4. The summed E-state index contributed by atoms with van der Waals surface area (Å²) >= 11 is 1.04. The number of nitrogens with zero attached hydrogens (tertiary/aromatic N) is 2. The van der Waals surface area contributed by atoms with E-state index in [0.717, 1.165) is 30.1 Å². The molecule has 0 bridgehead atoms. The van der Waals surface area contributed by atoms with Crippen molar-refractivity contribution in [3.05, 3.63) is 42.0 Å². The molecule has 5 nitrogen and oxygen atoms in total. The van der Waals surface area contributed by atoms with Crippen LogP contribution in [0, 0.1) is 11.6 Å². The van der Waals surface area contributed by atoms with E-state index in [4.69, 9.17) is 0 Å². The Hall–Kier alpha value is -1.96. The lowest BCUT2D eigenvalue weighted by Gasteiger charge is -2.05. The molecule has 0 spiro atoms. The van der Waals surface area contributed by atoms with E-state index in [0.29, 0.717) is 13.0 Å². The number of hydrogen-bond acceptors (Lipinski definition) is 4. The molecule has 2 aromatic rings. The fraction of sp³-hybridized carbons (Fsp3) is 0.308. The molecule has 0 unspecified atom stereocenters. The van der Waals surface area contributed by atoms with Crippen molar-refractivity contribution in [2.75, 3.05) is 12.3 Å². The zero-order valence-corrected chi connectivity index (χ0v) is 11.9. The Morgan fingerprint density at radius 1 is 1.38 bits per heavy atom. The summed E-state index contributed by atoms with van der Waals surface area (Å²) in [4.78, 5) is 15.8. The van der Waals surface area contributed by atoms with Gasteiger partial charge in [0.25, 0.3) is 0 Å². The van der Waals surface area contributed by atoms with Gasteiger partial charge in [-0.2, -0.15) is 5.10 Å². The Balaban J connectivity index is 1.65. The summed E-state index contributed by atoms with van der Waals surface area (Å²) in [6.07, 6.45) is 2.86. The van der Waals surface area contributed by atoms with Crippen LogP contribution in [0.2, 0.25) is 0 Å². The Morgan fingerprint density at radius 3 is 2.95 bits per heavy atom. The SMILES string of the molecule is O=C(CSc1ccc(F)cc1F)NCCCc1ncn[nH]1. The Morgan fingerprint density at radius 2 is 2.24 bits per heavy atom. The predicted octanol–water partition coefficient (Wildman–Crippen LogP) is 1.92. The van der Waals surface area contributed by atoms with E-state index in [9.17, 15) is 13.6 Å². The van der Waals surface area contributed by atoms with Crippen molar-refractivity contribution in [3.8, 4) is 0 Å². The van der Waals surface area contributed by atoms with Gasteiger partial charge in [-0.05, 0) is 18.6 Å². The molecule has 1 amide bonds. The average Bonchev–Trinajstić information content (AvgIpc) is 2.96. The lowest BCUT2D eigenvalue weighted by atomic mass is 10.3. The summed E-state index contributed by atoms with van der Waals surface area (Å²) in [5.41, 5.74) is 0. The first-order chi connectivity index (χ1) is 10.1. The van der Waals surface area contributed by atoms with Gasteiger partial charge in [-0.3, -0.25) is 9.89 Å². The van der Waals surface area contributed by atoms with Crippen LogP contribution in [0.5, 0.6) is 0 Å². The van der Waals surface area contributed by atoms with Gasteiger partial charge in [0.1, 0.15) is 23.8 Å². The smallest absolute Gasteiger partial charge is 0.230 e. The maximum absolute atomic E-state index is 13.4. The van der Waals surface area contributed by atoms with Crippen molar-refractivity contribution in [1.29, 1.82) is 0 Å². The lowest BCUT2D eigenvalue weighted by Crippen LogP contribution is -2.26. The second kappa shape index (κ2) is 7.72. The summed E-state index contributed by atoms with van der Waals surface area (Å²) in [5, 5.41) is 9.18. The van der Waals surface area contributed by atoms with Crippen LogP contribution in [0.25, 0.3) is 0 Å². The van der Waals surface area contributed by atoms with Crippen LogP contribution in [-0.4, -0.2) is 33.4 Å². The third-order valence-electron chi connectivity index (χ3n) is 2.63. The van der Waals surface area contributed by atoms with Gasteiger partial charge in [-0.15, -0.1) is 11.8 Å². The summed E-state index contributed by atoms with van der Waals surface area (Å²) in [6, 6.07) is 3.30. The Bertz CT molecular complexity index is 592. The van der Waals surface area contributed by atoms with Gasteiger partial charge < -0.3 is 5.32 Å². The highest BCUT2D eigenvalue weighted by Crippen LogP contribution is 2.21. The highest BCUT2D eigenvalue weighted by molar-refractivity contribution is 8.00. The summed E-state index contributed by atoms with van der Waals surface area (Å²) in [7, 11) is 0. The molecule has 0 atom stereocenters. The van der Waals surface area contributed by atoms with Gasteiger partial charge in [0, 0.05) is 23.9 Å². The van der Waals surface area contributed by atoms with E-state index >= 15 is 0 Å². The van der Waals surface area contributed by atoms with Gasteiger partial charge in [0.15, 0.2) is 0 Å². The molecule has 8 heteroatoms. The van der Waals surface area contributed by atoms with Crippen molar-refractivity contribution >= 4 is 17.7 Å². The number of amides is 1. The van der Waals surface area contributed by atoms with Crippen LogP contribution in [0.1, 0.15) is 12.2 Å². The molecule has 2 N–H and O–H groups in total. The normalized spacial score (nSPS) is 10.6. The number of carbonyl (C=O) groups is 1. The van der Waals surface area contributed by atoms with Gasteiger partial charge >= 0.3 is 0 Å². The number of carbonyl (C=O) groups excluding carboxylic acids is 1. The fourth-order valence-electron chi connectivity index (χ4n) is 1.62. The van der Waals surface area contributed by atoms with Crippen LogP contribution in [0.15, 0.2) is 29.4 Å². The number of aromatic amines is 1. The van der Waals surface area contributed by atoms with Gasteiger partial charge in [0.05, 0.1) is 5.75 Å². The standard InChI is InChI=1S/C13H14F2N4OS/c14-9-3-4-11(10(15)6-9)21-7-13(20)16-5-1-2-12-17-8-18-19-12/h3-4,6,8H,1-2,5,7H2,(H,16,20)(H,17,18,19). The first-order valence-corrected chi connectivity index (χ1v) is 7.32. The number of hydrogen-bond donors (Lipinski definition) is 2. The number of rotatable bonds is 7. The van der Waals surface area contributed by atoms with Crippen LogP contribution >= 0.6 is 11.8 Å². The monoisotopic (exact) mass is 312 g/mol. The zero-order valence-electron chi connectivity index (χ0n) is 11.1. The third-order valence-corrected chi connectivity index (χ3v) is 3.68. The molecular weight excluding hydrogens is 298 g/mol. The second-order valence-corrected chi connectivity index (χ2v) is 5.27. The summed E-state index contributed by atoms with van der Waals surface area (Å²) < 4.78 is 26.1. The van der Waals surface area contributed by atoms with Crippen LogP contribution in [0.4, 0.5) is 8.78 Å². The molecule has 1 heterocycles. The highest BCUT2D eigenvalue weighted by atomic mass is 32.2. The number of aromatic nitrogens is 3. The molecule has 21 heavy (non-hydrogen) atoms. The second-order valence-electron chi connectivity index (χ2n) is 4.25. The number of nitrogens with one attached hydrogen (secondary N) is 2. The highest BCUT2D eigenvalue weighted by Gasteiger charge is 2.07. The van der Waals surface area contributed by atoms with Crippen molar-refractivity contribution in [2.45, 2.75) is 17.7 Å². The van der Waals surface area contributed by atoms with Crippen LogP contribution in [-0.2, 0) is 11.2 Å². The van der Waals surface area contributed by atoms with E-state index in [-0.39, 0.29) is 16.6 Å². The molecule has 0 radical (unpaired) electrons. The van der Waals surface area contributed by atoms with Crippen molar-refractivity contribution in [3.63, 3.8) is 0 Å². The molecule has 0 saturated heterocycles. The molecule has 1 aromatic heterocycles. The van der Waals surface area contributed by atoms with E-state index < -0.39 is 11.6 Å². The Kier molecular flexibility index (Phi) is 5.68. The molecule has 1 aromatic carbocycles. The molecule has 2 rings (SSSR count). The van der Waals surface area contributed by atoms with Crippen LogP contribution in [0.3, 0.4) is 0 Å². The molecule has 0 aliphatic heterocycles. The molecule has 0 saturated carbocycles. The average molecular weight is 312 g/mol. The predicted molar refractivity (Wildman–Crippen MR) is 74.8 cm³/mol. The largest absolute Gasteiger partial charge is 0.355 e. The van der Waals surface area contributed by atoms with Crippen molar-refractivity contribution in [1.82, 2.24) is 20.5 Å². The molecular formula is C13H14F2N4OS. The molecule has 0 aliphatic carbocycles. The van der Waals surface area contributed by atoms with Gasteiger partial charge in [-0.1, -0.05) is 0 Å². The molecule has 0 fully saturated rings. The van der Waals surface area contributed by atoms with E-state index in [1.165, 1.54) is 18.5 Å². The van der Waals surface area contributed by atoms with Crippen LogP contribution < -0.4 is 5.32 Å². The topological polar surface area (TPSA) is 70.7 Å². The minimum atomic E-state index is -0.655.